The van der Waals surface area contributed by atoms with Crippen LogP contribution in [0.25, 0.3) is 10.8 Å². The standard InChI is InChI=1S/C14H13BrN2O/c15-7-10-6-14(18)17(9-10)13-3-1-2-11-8-16-5-4-12(11)13/h1-5,8,10H,6-7,9H2. The normalized spacial score (nSPS) is 19.7. The monoisotopic (exact) mass is 304 g/mol. The molecule has 0 spiro atoms. The van der Waals surface area contributed by atoms with Crippen molar-refractivity contribution in [2.24, 2.45) is 5.92 Å². The minimum Gasteiger partial charge on any atom is -0.311 e. The van der Waals surface area contributed by atoms with E-state index < -0.39 is 0 Å². The summed E-state index contributed by atoms with van der Waals surface area (Å²) >= 11 is 3.46. The van der Waals surface area contributed by atoms with Crippen molar-refractivity contribution in [2.75, 3.05) is 16.8 Å². The average molecular weight is 305 g/mol. The number of carbonyl (C=O) groups excluding carboxylic acids is 1. The van der Waals surface area contributed by atoms with Gasteiger partial charge in [0.25, 0.3) is 0 Å². The van der Waals surface area contributed by atoms with Crippen molar-refractivity contribution >= 4 is 38.3 Å². The number of rotatable bonds is 2. The lowest BCUT2D eigenvalue weighted by Gasteiger charge is -2.18. The number of benzene rings is 1. The summed E-state index contributed by atoms with van der Waals surface area (Å²) in [6, 6.07) is 7.98. The van der Waals surface area contributed by atoms with E-state index in [4.69, 9.17) is 0 Å². The van der Waals surface area contributed by atoms with Gasteiger partial charge in [0.05, 0.1) is 5.69 Å². The average Bonchev–Trinajstić information content (AvgIpc) is 2.79. The van der Waals surface area contributed by atoms with Gasteiger partial charge in [-0.2, -0.15) is 0 Å². The summed E-state index contributed by atoms with van der Waals surface area (Å²) in [5, 5.41) is 3.04. The Labute approximate surface area is 114 Å². The molecule has 0 aliphatic carbocycles. The van der Waals surface area contributed by atoms with Crippen LogP contribution in [0, 0.1) is 5.92 Å². The molecule has 0 radical (unpaired) electrons. The van der Waals surface area contributed by atoms with E-state index in [1.54, 1.807) is 6.20 Å². The van der Waals surface area contributed by atoms with E-state index in [-0.39, 0.29) is 5.91 Å². The zero-order chi connectivity index (χ0) is 12.5. The maximum atomic E-state index is 12.1. The van der Waals surface area contributed by atoms with Crippen LogP contribution < -0.4 is 4.90 Å². The van der Waals surface area contributed by atoms with Crippen molar-refractivity contribution in [2.45, 2.75) is 6.42 Å². The number of hydrogen-bond acceptors (Lipinski definition) is 2. The topological polar surface area (TPSA) is 33.2 Å². The summed E-state index contributed by atoms with van der Waals surface area (Å²) in [5.74, 6) is 0.623. The Morgan fingerprint density at radius 1 is 1.39 bits per heavy atom. The summed E-state index contributed by atoms with van der Waals surface area (Å²) in [5.41, 5.74) is 1.00. The molecule has 1 atom stereocenters. The highest BCUT2D eigenvalue weighted by molar-refractivity contribution is 9.09. The molecule has 0 saturated carbocycles. The molecule has 1 aliphatic heterocycles. The molecule has 92 valence electrons. The van der Waals surface area contributed by atoms with E-state index in [0.717, 1.165) is 28.3 Å². The molecule has 1 aromatic carbocycles. The first-order chi connectivity index (χ1) is 8.79. The van der Waals surface area contributed by atoms with Gasteiger partial charge in [-0.15, -0.1) is 0 Å². The highest BCUT2D eigenvalue weighted by atomic mass is 79.9. The number of hydrogen-bond donors (Lipinski definition) is 0. The Kier molecular flexibility index (Phi) is 3.04. The number of carbonyl (C=O) groups is 1. The third kappa shape index (κ3) is 1.90. The number of aromatic nitrogens is 1. The first kappa shape index (κ1) is 11.7. The molecule has 0 N–H and O–H groups in total. The van der Waals surface area contributed by atoms with Crippen LogP contribution in [0.1, 0.15) is 6.42 Å². The summed E-state index contributed by atoms with van der Waals surface area (Å²) in [7, 11) is 0. The summed E-state index contributed by atoms with van der Waals surface area (Å²) in [4.78, 5) is 18.1. The first-order valence-electron chi connectivity index (χ1n) is 5.98. The number of nitrogens with zero attached hydrogens (tertiary/aromatic N) is 2. The SMILES string of the molecule is O=C1CC(CBr)CN1c1cccc2cnccc12. The molecule has 2 heterocycles. The molecule has 1 amide bonds. The maximum Gasteiger partial charge on any atom is 0.227 e. The molecule has 1 saturated heterocycles. The van der Waals surface area contributed by atoms with Crippen molar-refractivity contribution in [3.05, 3.63) is 36.7 Å². The van der Waals surface area contributed by atoms with Gasteiger partial charge in [-0.25, -0.2) is 0 Å². The van der Waals surface area contributed by atoms with E-state index in [2.05, 4.69) is 20.9 Å². The van der Waals surface area contributed by atoms with Crippen LogP contribution in [-0.2, 0) is 4.79 Å². The summed E-state index contributed by atoms with van der Waals surface area (Å²) in [6.07, 6.45) is 4.24. The fraction of sp³-hybridized carbons (Fsp3) is 0.286. The van der Waals surface area contributed by atoms with Crippen LogP contribution in [0.3, 0.4) is 0 Å². The van der Waals surface area contributed by atoms with Crippen LogP contribution in [0.5, 0.6) is 0 Å². The summed E-state index contributed by atoms with van der Waals surface area (Å²) in [6.45, 7) is 0.797. The quantitative estimate of drug-likeness (QED) is 0.799. The van der Waals surface area contributed by atoms with Gasteiger partial charge >= 0.3 is 0 Å². The van der Waals surface area contributed by atoms with E-state index in [9.17, 15) is 4.79 Å². The van der Waals surface area contributed by atoms with Crippen molar-refractivity contribution in [1.82, 2.24) is 4.98 Å². The molecule has 3 rings (SSSR count). The van der Waals surface area contributed by atoms with Crippen LogP contribution in [0.4, 0.5) is 5.69 Å². The highest BCUT2D eigenvalue weighted by Crippen LogP contribution is 2.31. The fourth-order valence-electron chi connectivity index (χ4n) is 2.46. The van der Waals surface area contributed by atoms with E-state index in [0.29, 0.717) is 12.3 Å². The predicted octanol–water partition coefficient (Wildman–Crippen LogP) is 2.98. The molecule has 3 nitrogen and oxygen atoms in total. The second-order valence-electron chi connectivity index (χ2n) is 4.60. The minimum absolute atomic E-state index is 0.212. The molecular weight excluding hydrogens is 292 g/mol. The lowest BCUT2D eigenvalue weighted by atomic mass is 10.1. The Morgan fingerprint density at radius 3 is 3.06 bits per heavy atom. The van der Waals surface area contributed by atoms with Gasteiger partial charge in [-0.3, -0.25) is 9.78 Å². The van der Waals surface area contributed by atoms with Gasteiger partial charge in [0, 0.05) is 41.5 Å². The zero-order valence-corrected chi connectivity index (χ0v) is 11.4. The van der Waals surface area contributed by atoms with Crippen molar-refractivity contribution < 1.29 is 4.79 Å². The second-order valence-corrected chi connectivity index (χ2v) is 5.25. The predicted molar refractivity (Wildman–Crippen MR) is 76.0 cm³/mol. The number of alkyl halides is 1. The fourth-order valence-corrected chi connectivity index (χ4v) is 2.89. The highest BCUT2D eigenvalue weighted by Gasteiger charge is 2.30. The van der Waals surface area contributed by atoms with Crippen molar-refractivity contribution in [3.8, 4) is 0 Å². The van der Waals surface area contributed by atoms with Crippen LogP contribution in [-0.4, -0.2) is 22.8 Å². The molecule has 1 fully saturated rings. The number of pyridine rings is 1. The second kappa shape index (κ2) is 4.69. The molecule has 1 aromatic heterocycles. The Balaban J connectivity index is 2.07. The number of anilines is 1. The van der Waals surface area contributed by atoms with Gasteiger partial charge in [0.1, 0.15) is 0 Å². The van der Waals surface area contributed by atoms with Gasteiger partial charge in [0.15, 0.2) is 0 Å². The Hall–Kier alpha value is -1.42. The van der Waals surface area contributed by atoms with E-state index >= 15 is 0 Å². The number of fused-ring (bicyclic) bond motifs is 1. The lowest BCUT2D eigenvalue weighted by molar-refractivity contribution is -0.117. The molecular formula is C14H13BrN2O. The zero-order valence-electron chi connectivity index (χ0n) is 9.84. The molecule has 18 heavy (non-hydrogen) atoms. The van der Waals surface area contributed by atoms with E-state index in [1.165, 1.54) is 0 Å². The largest absolute Gasteiger partial charge is 0.311 e. The van der Waals surface area contributed by atoms with Gasteiger partial charge in [-0.1, -0.05) is 28.1 Å². The maximum absolute atomic E-state index is 12.1. The molecule has 1 aliphatic rings. The van der Waals surface area contributed by atoms with Crippen molar-refractivity contribution in [3.63, 3.8) is 0 Å². The van der Waals surface area contributed by atoms with Crippen LogP contribution in [0.2, 0.25) is 0 Å². The molecule has 1 unspecified atom stereocenters. The third-order valence-electron chi connectivity index (χ3n) is 3.37. The number of amides is 1. The first-order valence-corrected chi connectivity index (χ1v) is 7.11. The lowest BCUT2D eigenvalue weighted by Crippen LogP contribution is -2.24. The number of halogens is 1. The van der Waals surface area contributed by atoms with E-state index in [1.807, 2.05) is 35.4 Å². The minimum atomic E-state index is 0.212. The van der Waals surface area contributed by atoms with Crippen LogP contribution in [0.15, 0.2) is 36.7 Å². The van der Waals surface area contributed by atoms with Gasteiger partial charge in [-0.05, 0) is 18.1 Å². The molecule has 4 heteroatoms. The Bertz CT molecular complexity index is 594. The summed E-state index contributed by atoms with van der Waals surface area (Å²) < 4.78 is 0. The van der Waals surface area contributed by atoms with Gasteiger partial charge in [0.2, 0.25) is 5.91 Å². The van der Waals surface area contributed by atoms with Gasteiger partial charge < -0.3 is 4.90 Å². The smallest absolute Gasteiger partial charge is 0.227 e. The Morgan fingerprint density at radius 2 is 2.28 bits per heavy atom. The van der Waals surface area contributed by atoms with Crippen LogP contribution >= 0.6 is 15.9 Å². The molecule has 0 bridgehead atoms. The molecule has 2 aromatic rings. The third-order valence-corrected chi connectivity index (χ3v) is 4.29. The van der Waals surface area contributed by atoms with Crippen molar-refractivity contribution in [1.29, 1.82) is 0 Å².